The van der Waals surface area contributed by atoms with Gasteiger partial charge in [-0.05, 0) is 11.4 Å². The molecule has 0 aromatic carbocycles. The molecule has 0 spiro atoms. The minimum atomic E-state index is -0.754. The average Bonchev–Trinajstić information content (AvgIpc) is 3.33. The number of hydrogen-bond donors (Lipinski definition) is 1. The number of pyridine rings is 1. The van der Waals surface area contributed by atoms with Crippen molar-refractivity contribution in [2.24, 2.45) is 0 Å². The van der Waals surface area contributed by atoms with Crippen LogP contribution < -0.4 is 15.6 Å². The molecule has 0 saturated heterocycles. The number of nitrogens with one attached hydrogen (secondary N) is 1. The Bertz CT molecular complexity index is 1220. The fraction of sp³-hybridized carbons (Fsp3) is 0.111. The van der Waals surface area contributed by atoms with Gasteiger partial charge in [0.05, 0.1) is 30.7 Å². The molecule has 0 bridgehead atoms. The predicted octanol–water partition coefficient (Wildman–Crippen LogP) is 3.37. The van der Waals surface area contributed by atoms with E-state index in [1.807, 2.05) is 22.9 Å². The molecule has 0 aliphatic rings. The highest BCUT2D eigenvalue weighted by atomic mass is 32.1. The van der Waals surface area contributed by atoms with E-state index in [-0.39, 0.29) is 23.5 Å². The van der Waals surface area contributed by atoms with Crippen LogP contribution >= 0.6 is 22.7 Å². The number of ether oxygens (including phenoxy) is 1. The van der Waals surface area contributed by atoms with Crippen molar-refractivity contribution in [1.82, 2.24) is 14.5 Å². The quantitative estimate of drug-likeness (QED) is 0.504. The van der Waals surface area contributed by atoms with Crippen molar-refractivity contribution in [2.45, 2.75) is 6.54 Å². The van der Waals surface area contributed by atoms with Crippen LogP contribution in [-0.2, 0) is 11.3 Å². The number of carbonyl (C=O) groups excluding carboxylic acids is 1. The number of rotatable bonds is 5. The zero-order valence-electron chi connectivity index (χ0n) is 14.5. The van der Waals surface area contributed by atoms with E-state index in [2.05, 4.69) is 15.3 Å². The number of halogens is 1. The van der Waals surface area contributed by atoms with Gasteiger partial charge in [-0.25, -0.2) is 9.97 Å². The number of fused-ring (bicyclic) bond motifs is 1. The van der Waals surface area contributed by atoms with Crippen molar-refractivity contribution >= 4 is 44.5 Å². The van der Waals surface area contributed by atoms with Crippen LogP contribution in [0.15, 0.2) is 46.3 Å². The van der Waals surface area contributed by atoms with Gasteiger partial charge in [0.1, 0.15) is 11.4 Å². The number of carbonyl (C=O) groups is 1. The summed E-state index contributed by atoms with van der Waals surface area (Å²) in [7, 11) is 1.38. The number of hydrogen-bond acceptors (Lipinski definition) is 7. The molecule has 0 unspecified atom stereocenters. The third-order valence-corrected chi connectivity index (χ3v) is 5.78. The molecule has 0 aliphatic heterocycles. The maximum absolute atomic E-state index is 13.4. The Morgan fingerprint density at radius 2 is 2.21 bits per heavy atom. The molecule has 4 aromatic heterocycles. The Kier molecular flexibility index (Phi) is 4.88. The molecule has 0 atom stereocenters. The minimum absolute atomic E-state index is 0.136. The minimum Gasteiger partial charge on any atom is -0.493 e. The maximum atomic E-state index is 13.4. The monoisotopic (exact) mass is 416 g/mol. The van der Waals surface area contributed by atoms with Gasteiger partial charge in [0, 0.05) is 21.9 Å². The third kappa shape index (κ3) is 3.39. The number of thiophene rings is 2. The van der Waals surface area contributed by atoms with Gasteiger partial charge in [-0.3, -0.25) is 14.2 Å². The van der Waals surface area contributed by atoms with E-state index >= 15 is 0 Å². The normalized spacial score (nSPS) is 10.9. The highest BCUT2D eigenvalue weighted by molar-refractivity contribution is 7.18. The van der Waals surface area contributed by atoms with Crippen LogP contribution in [0, 0.1) is 5.95 Å². The molecule has 4 heterocycles. The molecule has 4 rings (SSSR count). The standard InChI is InChI=1S/C18H13FN4O3S2/c1-26-12-6-20-14(19)5-11(12)22-15(24)7-23-9-21-17-16(18(23)25)10(8-28-17)13-3-2-4-27-13/h2-6,8-9H,7H2,1H3,(H,20,22,24). The van der Waals surface area contributed by atoms with Gasteiger partial charge in [-0.1, -0.05) is 6.07 Å². The molecule has 7 nitrogen and oxygen atoms in total. The van der Waals surface area contributed by atoms with E-state index in [1.165, 1.54) is 46.9 Å². The summed E-state index contributed by atoms with van der Waals surface area (Å²) in [5.41, 5.74) is 0.634. The molecule has 0 saturated carbocycles. The van der Waals surface area contributed by atoms with Gasteiger partial charge in [-0.15, -0.1) is 22.7 Å². The average molecular weight is 416 g/mol. The second-order valence-electron chi connectivity index (χ2n) is 5.74. The molecule has 1 N–H and O–H groups in total. The smallest absolute Gasteiger partial charge is 0.263 e. The van der Waals surface area contributed by atoms with Crippen molar-refractivity contribution in [2.75, 3.05) is 12.4 Å². The lowest BCUT2D eigenvalue weighted by Gasteiger charge is -2.10. The Morgan fingerprint density at radius 1 is 1.36 bits per heavy atom. The van der Waals surface area contributed by atoms with Crippen LogP contribution in [0.5, 0.6) is 5.75 Å². The van der Waals surface area contributed by atoms with E-state index in [1.54, 1.807) is 0 Å². The lowest BCUT2D eigenvalue weighted by molar-refractivity contribution is -0.116. The lowest BCUT2D eigenvalue weighted by Crippen LogP contribution is -2.28. The Hall–Kier alpha value is -3.11. The SMILES string of the molecule is COc1cnc(F)cc1NC(=O)Cn1cnc2scc(-c3cccs3)c2c1=O. The molecule has 0 fully saturated rings. The van der Waals surface area contributed by atoms with Gasteiger partial charge in [0.2, 0.25) is 11.9 Å². The first-order chi connectivity index (χ1) is 13.6. The molecule has 4 aromatic rings. The maximum Gasteiger partial charge on any atom is 0.263 e. The first-order valence-corrected chi connectivity index (χ1v) is 9.82. The largest absolute Gasteiger partial charge is 0.493 e. The first kappa shape index (κ1) is 18.3. The first-order valence-electron chi connectivity index (χ1n) is 8.06. The van der Waals surface area contributed by atoms with Crippen molar-refractivity contribution < 1.29 is 13.9 Å². The van der Waals surface area contributed by atoms with Crippen molar-refractivity contribution in [3.63, 3.8) is 0 Å². The van der Waals surface area contributed by atoms with Crippen molar-refractivity contribution in [3.05, 3.63) is 57.8 Å². The summed E-state index contributed by atoms with van der Waals surface area (Å²) in [4.78, 5) is 34.7. The second kappa shape index (κ2) is 7.49. The Morgan fingerprint density at radius 3 is 2.96 bits per heavy atom. The van der Waals surface area contributed by atoms with Gasteiger partial charge >= 0.3 is 0 Å². The molecule has 28 heavy (non-hydrogen) atoms. The highest BCUT2D eigenvalue weighted by Crippen LogP contribution is 2.33. The van der Waals surface area contributed by atoms with Crippen LogP contribution in [0.2, 0.25) is 0 Å². The van der Waals surface area contributed by atoms with Crippen LogP contribution in [0.3, 0.4) is 0 Å². The Balaban J connectivity index is 1.64. The number of anilines is 1. The number of methoxy groups -OCH3 is 1. The Labute approximate surface area is 166 Å². The summed E-state index contributed by atoms with van der Waals surface area (Å²) in [6, 6.07) is 4.89. The fourth-order valence-corrected chi connectivity index (χ4v) is 4.44. The van der Waals surface area contributed by atoms with Crippen LogP contribution in [-0.4, -0.2) is 27.6 Å². The van der Waals surface area contributed by atoms with Gasteiger partial charge in [0.25, 0.3) is 5.56 Å². The molecular weight excluding hydrogens is 403 g/mol. The predicted molar refractivity (Wildman–Crippen MR) is 107 cm³/mol. The van der Waals surface area contributed by atoms with Gasteiger partial charge < -0.3 is 10.1 Å². The lowest BCUT2D eigenvalue weighted by atomic mass is 10.2. The molecule has 0 aliphatic carbocycles. The summed E-state index contributed by atoms with van der Waals surface area (Å²) in [6.45, 7) is -0.269. The fourth-order valence-electron chi connectivity index (χ4n) is 2.72. The zero-order chi connectivity index (χ0) is 19.7. The molecule has 142 valence electrons. The highest BCUT2D eigenvalue weighted by Gasteiger charge is 2.16. The number of amides is 1. The summed E-state index contributed by atoms with van der Waals surface area (Å²) in [6.07, 6.45) is 2.51. The molecular formula is C18H13FN4O3S2. The zero-order valence-corrected chi connectivity index (χ0v) is 16.1. The third-order valence-electron chi connectivity index (χ3n) is 3.99. The molecule has 1 amide bonds. The van der Waals surface area contributed by atoms with Crippen molar-refractivity contribution in [1.29, 1.82) is 0 Å². The van der Waals surface area contributed by atoms with E-state index in [4.69, 9.17) is 4.74 Å². The van der Waals surface area contributed by atoms with E-state index < -0.39 is 11.9 Å². The van der Waals surface area contributed by atoms with Gasteiger partial charge in [0.15, 0.2) is 5.75 Å². The summed E-state index contributed by atoms with van der Waals surface area (Å²) >= 11 is 2.91. The van der Waals surface area contributed by atoms with Gasteiger partial charge in [-0.2, -0.15) is 4.39 Å². The van der Waals surface area contributed by atoms with Crippen LogP contribution in [0.1, 0.15) is 0 Å². The summed E-state index contributed by atoms with van der Waals surface area (Å²) in [5.74, 6) is -1.05. The van der Waals surface area contributed by atoms with E-state index in [9.17, 15) is 14.0 Å². The van der Waals surface area contributed by atoms with Crippen molar-refractivity contribution in [3.8, 4) is 16.2 Å². The molecule has 10 heteroatoms. The number of aromatic nitrogens is 3. The number of nitrogens with zero attached hydrogens (tertiary/aromatic N) is 3. The van der Waals surface area contributed by atoms with E-state index in [0.717, 1.165) is 16.5 Å². The second-order valence-corrected chi connectivity index (χ2v) is 7.55. The van der Waals surface area contributed by atoms with E-state index in [0.29, 0.717) is 10.2 Å². The molecule has 0 radical (unpaired) electrons. The summed E-state index contributed by atoms with van der Waals surface area (Å²) < 4.78 is 19.6. The van der Waals surface area contributed by atoms with Crippen LogP contribution in [0.25, 0.3) is 20.7 Å². The topological polar surface area (TPSA) is 86.1 Å². The van der Waals surface area contributed by atoms with Crippen LogP contribution in [0.4, 0.5) is 10.1 Å². The summed E-state index contributed by atoms with van der Waals surface area (Å²) in [5, 5.41) is 6.84.